The smallest absolute Gasteiger partial charge is 0.307 e. The Morgan fingerprint density at radius 1 is 1.06 bits per heavy atom. The molecule has 2 aliphatic heterocycles. The van der Waals surface area contributed by atoms with Gasteiger partial charge in [-0.25, -0.2) is 9.97 Å². The number of hydrogen-bond donors (Lipinski definition) is 2. The Bertz CT molecular complexity index is 2190. The summed E-state index contributed by atoms with van der Waals surface area (Å²) in [6.45, 7) is 11.8. The number of nitriles is 1. The standard InChI is InChI=1S/C39H41N7O4/c1-22(2)46-15-13-34-33(21-46)41-36(44(34)5)37(47)42-31-11-7-9-29(24(31)4)28-8-6-10-30(23(28)3)38-43-32-17-25(16-27(18-40)35(32)50-38)19-45-14-12-26(20-45)39(48)49/h6-11,16-17,22,26H,12-15,19-21H2,1-5H3,(H,42,47)(H,48,49). The fourth-order valence-electron chi connectivity index (χ4n) is 7.41. The highest BCUT2D eigenvalue weighted by molar-refractivity contribution is 6.03. The van der Waals surface area contributed by atoms with Crippen LogP contribution in [0.25, 0.3) is 33.7 Å². The number of anilines is 1. The van der Waals surface area contributed by atoms with E-state index in [2.05, 4.69) is 35.0 Å². The van der Waals surface area contributed by atoms with Crippen molar-refractivity contribution in [2.24, 2.45) is 13.0 Å². The number of benzene rings is 3. The number of fused-ring (bicyclic) bond motifs is 2. The monoisotopic (exact) mass is 671 g/mol. The molecule has 2 N–H and O–H groups in total. The maximum Gasteiger partial charge on any atom is 0.307 e. The lowest BCUT2D eigenvalue weighted by Gasteiger charge is -2.29. The van der Waals surface area contributed by atoms with Crippen molar-refractivity contribution >= 4 is 28.7 Å². The first-order chi connectivity index (χ1) is 24.0. The molecule has 7 rings (SSSR count). The first-order valence-corrected chi connectivity index (χ1v) is 17.1. The molecule has 0 radical (unpaired) electrons. The van der Waals surface area contributed by atoms with E-state index in [4.69, 9.17) is 14.4 Å². The van der Waals surface area contributed by atoms with Gasteiger partial charge < -0.3 is 19.4 Å². The van der Waals surface area contributed by atoms with Crippen LogP contribution in [0.2, 0.25) is 0 Å². The van der Waals surface area contributed by atoms with Gasteiger partial charge in [-0.1, -0.05) is 24.3 Å². The molecule has 3 aromatic carbocycles. The van der Waals surface area contributed by atoms with Gasteiger partial charge in [0, 0.05) is 62.6 Å². The number of imidazole rings is 1. The molecule has 2 aliphatic rings. The predicted molar refractivity (Wildman–Crippen MR) is 191 cm³/mol. The minimum atomic E-state index is -0.771. The summed E-state index contributed by atoms with van der Waals surface area (Å²) in [6, 6.07) is 18.2. The van der Waals surface area contributed by atoms with E-state index in [0.717, 1.165) is 64.3 Å². The number of carboxylic acids is 1. The zero-order valence-electron chi connectivity index (χ0n) is 29.1. The number of oxazole rings is 1. The van der Waals surface area contributed by atoms with E-state index in [-0.39, 0.29) is 11.8 Å². The Hall–Kier alpha value is -5.31. The van der Waals surface area contributed by atoms with Crippen molar-refractivity contribution in [2.45, 2.75) is 59.7 Å². The van der Waals surface area contributed by atoms with Crippen LogP contribution in [0.1, 0.15) is 64.5 Å². The van der Waals surface area contributed by atoms with Gasteiger partial charge in [0.25, 0.3) is 5.91 Å². The molecule has 4 heterocycles. The molecule has 256 valence electrons. The lowest BCUT2D eigenvalue weighted by atomic mass is 9.93. The predicted octanol–water partition coefficient (Wildman–Crippen LogP) is 6.31. The quantitative estimate of drug-likeness (QED) is 0.194. The first-order valence-electron chi connectivity index (χ1n) is 17.1. The average molecular weight is 672 g/mol. The summed E-state index contributed by atoms with van der Waals surface area (Å²) in [6.07, 6.45) is 1.48. The fraction of sp³-hybridized carbons (Fsp3) is 0.359. The summed E-state index contributed by atoms with van der Waals surface area (Å²) in [5, 5.41) is 22.5. The zero-order valence-corrected chi connectivity index (χ0v) is 29.1. The number of rotatable bonds is 8. The molecule has 1 atom stereocenters. The van der Waals surface area contributed by atoms with Gasteiger partial charge in [0.15, 0.2) is 11.4 Å². The van der Waals surface area contributed by atoms with E-state index in [1.807, 2.05) is 67.9 Å². The minimum Gasteiger partial charge on any atom is -0.481 e. The number of carbonyl (C=O) groups is 2. The van der Waals surface area contributed by atoms with E-state index >= 15 is 0 Å². The molecule has 0 aliphatic carbocycles. The zero-order chi connectivity index (χ0) is 35.3. The van der Waals surface area contributed by atoms with Crippen molar-refractivity contribution in [3.8, 4) is 28.7 Å². The van der Waals surface area contributed by atoms with E-state index in [1.54, 1.807) is 6.07 Å². The molecule has 0 spiro atoms. The summed E-state index contributed by atoms with van der Waals surface area (Å²) >= 11 is 0. The van der Waals surface area contributed by atoms with Crippen LogP contribution >= 0.6 is 0 Å². The second-order valence-electron chi connectivity index (χ2n) is 13.8. The lowest BCUT2D eigenvalue weighted by molar-refractivity contribution is -0.141. The molecule has 50 heavy (non-hydrogen) atoms. The van der Waals surface area contributed by atoms with Crippen molar-refractivity contribution < 1.29 is 19.1 Å². The van der Waals surface area contributed by atoms with Crippen LogP contribution in [-0.2, 0) is 31.4 Å². The first kappa shape index (κ1) is 33.2. The van der Waals surface area contributed by atoms with E-state index < -0.39 is 5.97 Å². The lowest BCUT2D eigenvalue weighted by Crippen LogP contribution is -2.36. The van der Waals surface area contributed by atoms with Gasteiger partial charge in [0.05, 0.1) is 17.2 Å². The van der Waals surface area contributed by atoms with Crippen LogP contribution in [0.4, 0.5) is 5.69 Å². The van der Waals surface area contributed by atoms with E-state index in [0.29, 0.717) is 66.2 Å². The normalized spacial score (nSPS) is 16.5. The maximum absolute atomic E-state index is 13.6. The Kier molecular flexibility index (Phi) is 8.76. The number of nitrogens with one attached hydrogen (secondary N) is 1. The van der Waals surface area contributed by atoms with Gasteiger partial charge in [0.1, 0.15) is 11.6 Å². The van der Waals surface area contributed by atoms with Gasteiger partial charge in [-0.15, -0.1) is 0 Å². The number of amides is 1. The third kappa shape index (κ3) is 6.06. The van der Waals surface area contributed by atoms with E-state index in [9.17, 15) is 20.0 Å². The second kappa shape index (κ2) is 13.2. The number of carbonyl (C=O) groups excluding carboxylic acids is 1. The van der Waals surface area contributed by atoms with E-state index in [1.165, 1.54) is 0 Å². The van der Waals surface area contributed by atoms with Gasteiger partial charge in [-0.2, -0.15) is 5.26 Å². The highest BCUT2D eigenvalue weighted by atomic mass is 16.4. The molecule has 1 amide bonds. The number of hydrogen-bond acceptors (Lipinski definition) is 8. The van der Waals surface area contributed by atoms with Crippen molar-refractivity contribution in [1.29, 1.82) is 5.26 Å². The number of aromatic nitrogens is 3. The molecular weight excluding hydrogens is 630 g/mol. The van der Waals surface area contributed by atoms with Crippen molar-refractivity contribution in [2.75, 3.05) is 25.0 Å². The van der Waals surface area contributed by atoms with Crippen LogP contribution in [-0.4, -0.2) is 67.0 Å². The highest BCUT2D eigenvalue weighted by Crippen LogP contribution is 2.37. The Balaban J connectivity index is 1.16. The summed E-state index contributed by atoms with van der Waals surface area (Å²) in [4.78, 5) is 39.1. The molecule has 2 aromatic heterocycles. The largest absolute Gasteiger partial charge is 0.481 e. The number of nitrogens with zero attached hydrogens (tertiary/aromatic N) is 6. The molecule has 0 saturated carbocycles. The summed E-state index contributed by atoms with van der Waals surface area (Å²) in [5.41, 5.74) is 9.70. The molecule has 1 unspecified atom stereocenters. The maximum atomic E-state index is 13.6. The third-order valence-corrected chi connectivity index (χ3v) is 10.4. The molecule has 5 aromatic rings. The fourth-order valence-corrected chi connectivity index (χ4v) is 7.41. The summed E-state index contributed by atoms with van der Waals surface area (Å²) in [7, 11) is 1.92. The number of aliphatic carboxylic acids is 1. The van der Waals surface area contributed by atoms with Crippen LogP contribution in [0.15, 0.2) is 52.9 Å². The van der Waals surface area contributed by atoms with Gasteiger partial charge >= 0.3 is 5.97 Å². The van der Waals surface area contributed by atoms with Crippen molar-refractivity contribution in [1.82, 2.24) is 24.3 Å². The van der Waals surface area contributed by atoms with Crippen LogP contribution in [0.5, 0.6) is 0 Å². The topological polar surface area (TPSA) is 141 Å². The second-order valence-corrected chi connectivity index (χ2v) is 13.8. The molecule has 11 heteroatoms. The number of carboxylic acid groups (broad SMARTS) is 1. The third-order valence-electron chi connectivity index (χ3n) is 10.4. The molecule has 1 saturated heterocycles. The number of likely N-dealkylation sites (tertiary alicyclic amines) is 1. The van der Waals surface area contributed by atoms with Gasteiger partial charge in [-0.3, -0.25) is 19.4 Å². The average Bonchev–Trinajstić information content (AvgIpc) is 3.83. The van der Waals surface area contributed by atoms with Gasteiger partial charge in [-0.05, 0) is 92.7 Å². The Morgan fingerprint density at radius 2 is 1.80 bits per heavy atom. The minimum absolute atomic E-state index is 0.241. The molecule has 11 nitrogen and oxygen atoms in total. The van der Waals surface area contributed by atoms with Crippen molar-refractivity contribution in [3.63, 3.8) is 0 Å². The Morgan fingerprint density at radius 3 is 2.52 bits per heavy atom. The molecular formula is C39H41N7O4. The van der Waals surface area contributed by atoms with Crippen LogP contribution in [0, 0.1) is 31.1 Å². The van der Waals surface area contributed by atoms with Crippen molar-refractivity contribution in [3.05, 3.63) is 88.0 Å². The highest BCUT2D eigenvalue weighted by Gasteiger charge is 2.29. The van der Waals surface area contributed by atoms with Crippen LogP contribution in [0.3, 0.4) is 0 Å². The van der Waals surface area contributed by atoms with Gasteiger partial charge in [0.2, 0.25) is 5.89 Å². The summed E-state index contributed by atoms with van der Waals surface area (Å²) in [5.74, 6) is -0.561. The Labute approximate surface area is 291 Å². The molecule has 0 bridgehead atoms. The van der Waals surface area contributed by atoms with Crippen LogP contribution < -0.4 is 5.32 Å². The SMILES string of the molecule is Cc1c(NC(=O)c2nc3c(n2C)CCN(C(C)C)C3)cccc1-c1cccc(-c2nc3cc(CN4CCC(C(=O)O)C4)cc(C#N)c3o2)c1C. The summed E-state index contributed by atoms with van der Waals surface area (Å²) < 4.78 is 8.18. The molecule has 1 fully saturated rings.